The first-order valence-corrected chi connectivity index (χ1v) is 6.53. The Morgan fingerprint density at radius 2 is 2.28 bits per heavy atom. The van der Waals surface area contributed by atoms with Crippen LogP contribution in [0.25, 0.3) is 0 Å². The first kappa shape index (κ1) is 13.1. The summed E-state index contributed by atoms with van der Waals surface area (Å²) in [6, 6.07) is 0. The van der Waals surface area contributed by atoms with Gasteiger partial charge in [0, 0.05) is 18.8 Å². The number of likely N-dealkylation sites (tertiary alicyclic amines) is 1. The van der Waals surface area contributed by atoms with Gasteiger partial charge in [-0.1, -0.05) is 13.8 Å². The van der Waals surface area contributed by atoms with Gasteiger partial charge in [-0.2, -0.15) is 5.10 Å². The van der Waals surface area contributed by atoms with Crippen LogP contribution in [0.3, 0.4) is 0 Å². The number of hydrogen-bond donors (Lipinski definition) is 2. The molecule has 1 aromatic rings. The first-order valence-electron chi connectivity index (χ1n) is 6.53. The van der Waals surface area contributed by atoms with Gasteiger partial charge in [0.05, 0.1) is 17.4 Å². The van der Waals surface area contributed by atoms with E-state index in [-0.39, 0.29) is 11.8 Å². The average molecular weight is 251 g/mol. The highest BCUT2D eigenvalue weighted by Crippen LogP contribution is 2.22. The Hall–Kier alpha value is -1.36. The predicted octanol–water partition coefficient (Wildman–Crippen LogP) is 1.44. The lowest BCUT2D eigenvalue weighted by Crippen LogP contribution is -2.42. The summed E-state index contributed by atoms with van der Waals surface area (Å²) in [5, 5.41) is 16.8. The van der Waals surface area contributed by atoms with E-state index in [9.17, 15) is 9.90 Å². The molecule has 0 saturated carbocycles. The third kappa shape index (κ3) is 2.41. The Labute approximate surface area is 107 Å². The molecule has 0 aromatic carbocycles. The van der Waals surface area contributed by atoms with Crippen LogP contribution in [0.15, 0.2) is 0 Å². The van der Waals surface area contributed by atoms with Crippen molar-refractivity contribution in [2.75, 3.05) is 13.1 Å². The number of aryl methyl sites for hydroxylation is 1. The summed E-state index contributed by atoms with van der Waals surface area (Å²) in [6.07, 6.45) is 1.25. The zero-order valence-electron chi connectivity index (χ0n) is 11.2. The van der Waals surface area contributed by atoms with Crippen LogP contribution in [0.2, 0.25) is 0 Å². The maximum Gasteiger partial charge on any atom is 0.257 e. The fourth-order valence-corrected chi connectivity index (χ4v) is 2.43. The Bertz CT molecular complexity index is 439. The maximum atomic E-state index is 12.5. The molecular weight excluding hydrogens is 230 g/mol. The summed E-state index contributed by atoms with van der Waals surface area (Å²) < 4.78 is 0. The number of nitrogens with one attached hydrogen (secondary N) is 1. The second-order valence-corrected chi connectivity index (χ2v) is 5.31. The van der Waals surface area contributed by atoms with Crippen molar-refractivity contribution in [3.05, 3.63) is 17.0 Å². The fraction of sp³-hybridized carbons (Fsp3) is 0.692. The Morgan fingerprint density at radius 3 is 2.89 bits per heavy atom. The maximum absolute atomic E-state index is 12.5. The van der Waals surface area contributed by atoms with Crippen LogP contribution >= 0.6 is 0 Å². The number of carbonyl (C=O) groups is 1. The lowest BCUT2D eigenvalue weighted by atomic mass is 10.0. The van der Waals surface area contributed by atoms with Crippen molar-refractivity contribution in [3.63, 3.8) is 0 Å². The lowest BCUT2D eigenvalue weighted by Gasteiger charge is -2.30. The third-order valence-electron chi connectivity index (χ3n) is 3.42. The number of aliphatic hydroxyl groups is 1. The molecule has 2 rings (SSSR count). The zero-order chi connectivity index (χ0) is 13.3. The normalized spacial score (nSPS) is 20.5. The van der Waals surface area contributed by atoms with Crippen molar-refractivity contribution in [2.24, 2.45) is 0 Å². The molecule has 1 aliphatic heterocycles. The van der Waals surface area contributed by atoms with Crippen LogP contribution in [0.4, 0.5) is 0 Å². The van der Waals surface area contributed by atoms with Crippen molar-refractivity contribution in [3.8, 4) is 0 Å². The van der Waals surface area contributed by atoms with Gasteiger partial charge in [0.2, 0.25) is 0 Å². The van der Waals surface area contributed by atoms with Gasteiger partial charge in [0.15, 0.2) is 0 Å². The molecule has 18 heavy (non-hydrogen) atoms. The topological polar surface area (TPSA) is 69.2 Å². The molecule has 0 aliphatic carbocycles. The average Bonchev–Trinajstić information content (AvgIpc) is 2.70. The van der Waals surface area contributed by atoms with E-state index in [2.05, 4.69) is 10.2 Å². The summed E-state index contributed by atoms with van der Waals surface area (Å²) >= 11 is 0. The molecule has 2 heterocycles. The van der Waals surface area contributed by atoms with E-state index in [1.165, 1.54) is 0 Å². The summed E-state index contributed by atoms with van der Waals surface area (Å²) in [7, 11) is 0. The number of aliphatic hydroxyl groups excluding tert-OH is 1. The van der Waals surface area contributed by atoms with Crippen LogP contribution in [0.5, 0.6) is 0 Å². The van der Waals surface area contributed by atoms with Gasteiger partial charge in [-0.15, -0.1) is 0 Å². The fourth-order valence-electron chi connectivity index (χ4n) is 2.43. The number of hydrogen-bond acceptors (Lipinski definition) is 3. The molecule has 5 nitrogen and oxygen atoms in total. The SMILES string of the molecule is Cc1[nH]nc(C(C)C)c1C(=O)N1CCCC(O)C1. The van der Waals surface area contributed by atoms with E-state index in [1.807, 2.05) is 20.8 Å². The summed E-state index contributed by atoms with van der Waals surface area (Å²) in [6.45, 7) is 7.07. The van der Waals surface area contributed by atoms with E-state index >= 15 is 0 Å². The Balaban J connectivity index is 2.25. The molecule has 1 unspecified atom stereocenters. The Morgan fingerprint density at radius 1 is 1.56 bits per heavy atom. The molecule has 0 spiro atoms. The van der Waals surface area contributed by atoms with Gasteiger partial charge in [-0.05, 0) is 25.7 Å². The van der Waals surface area contributed by atoms with Crippen molar-refractivity contribution in [2.45, 2.75) is 45.6 Å². The van der Waals surface area contributed by atoms with Crippen molar-refractivity contribution < 1.29 is 9.90 Å². The number of aromatic nitrogens is 2. The van der Waals surface area contributed by atoms with Crippen molar-refractivity contribution in [1.29, 1.82) is 0 Å². The highest BCUT2D eigenvalue weighted by atomic mass is 16.3. The van der Waals surface area contributed by atoms with Crippen molar-refractivity contribution >= 4 is 5.91 Å². The molecule has 1 saturated heterocycles. The minimum Gasteiger partial charge on any atom is -0.391 e. The quantitative estimate of drug-likeness (QED) is 0.835. The third-order valence-corrected chi connectivity index (χ3v) is 3.42. The molecule has 5 heteroatoms. The summed E-state index contributed by atoms with van der Waals surface area (Å²) in [5.74, 6) is 0.201. The number of H-pyrrole nitrogens is 1. The molecule has 100 valence electrons. The monoisotopic (exact) mass is 251 g/mol. The molecule has 1 fully saturated rings. The van der Waals surface area contributed by atoms with E-state index in [0.29, 0.717) is 12.1 Å². The molecule has 1 aromatic heterocycles. The van der Waals surface area contributed by atoms with Gasteiger partial charge in [-0.25, -0.2) is 0 Å². The van der Waals surface area contributed by atoms with Gasteiger partial charge in [0.1, 0.15) is 0 Å². The molecule has 0 radical (unpaired) electrons. The minimum atomic E-state index is -0.391. The lowest BCUT2D eigenvalue weighted by molar-refractivity contribution is 0.0472. The van der Waals surface area contributed by atoms with E-state index < -0.39 is 6.10 Å². The standard InChI is InChI=1S/C13H21N3O2/c1-8(2)12-11(9(3)14-15-12)13(18)16-6-4-5-10(17)7-16/h8,10,17H,4-7H2,1-3H3,(H,14,15). The Kier molecular flexibility index (Phi) is 3.71. The molecule has 1 amide bonds. The van der Waals surface area contributed by atoms with Crippen LogP contribution in [0.1, 0.15) is 54.4 Å². The van der Waals surface area contributed by atoms with Crippen LogP contribution in [-0.4, -0.2) is 45.3 Å². The predicted molar refractivity (Wildman–Crippen MR) is 68.6 cm³/mol. The number of aromatic amines is 1. The van der Waals surface area contributed by atoms with Crippen LogP contribution in [0, 0.1) is 6.92 Å². The summed E-state index contributed by atoms with van der Waals surface area (Å²) in [4.78, 5) is 14.2. The van der Waals surface area contributed by atoms with Gasteiger partial charge in [0.25, 0.3) is 5.91 Å². The highest BCUT2D eigenvalue weighted by Gasteiger charge is 2.28. The number of amides is 1. The number of piperidine rings is 1. The molecule has 1 atom stereocenters. The summed E-state index contributed by atoms with van der Waals surface area (Å²) in [5.41, 5.74) is 2.31. The van der Waals surface area contributed by atoms with Crippen LogP contribution in [-0.2, 0) is 0 Å². The molecule has 2 N–H and O–H groups in total. The first-order chi connectivity index (χ1) is 8.50. The molecular formula is C13H21N3O2. The number of nitrogens with zero attached hydrogens (tertiary/aromatic N) is 2. The van der Waals surface area contributed by atoms with Gasteiger partial charge >= 0.3 is 0 Å². The van der Waals surface area contributed by atoms with E-state index in [0.717, 1.165) is 30.8 Å². The number of rotatable bonds is 2. The number of β-amino-alcohol motifs (C(OH)–C–C–N with tert-alkyl or cyclic N) is 1. The van der Waals surface area contributed by atoms with Crippen molar-refractivity contribution in [1.82, 2.24) is 15.1 Å². The van der Waals surface area contributed by atoms with Gasteiger partial charge < -0.3 is 10.0 Å². The van der Waals surface area contributed by atoms with E-state index in [1.54, 1.807) is 4.90 Å². The second-order valence-electron chi connectivity index (χ2n) is 5.31. The largest absolute Gasteiger partial charge is 0.391 e. The number of carbonyl (C=O) groups excluding carboxylic acids is 1. The zero-order valence-corrected chi connectivity index (χ0v) is 11.2. The highest BCUT2D eigenvalue weighted by molar-refractivity contribution is 5.96. The molecule has 1 aliphatic rings. The smallest absolute Gasteiger partial charge is 0.257 e. The molecule has 0 bridgehead atoms. The minimum absolute atomic E-state index is 0.0105. The van der Waals surface area contributed by atoms with Gasteiger partial charge in [-0.3, -0.25) is 9.89 Å². The second kappa shape index (κ2) is 5.10. The van der Waals surface area contributed by atoms with E-state index in [4.69, 9.17) is 0 Å². The van der Waals surface area contributed by atoms with Crippen LogP contribution < -0.4 is 0 Å².